The Bertz CT molecular complexity index is 987. The molecule has 3 rings (SSSR count). The number of nitrogens with zero attached hydrogens (tertiary/aromatic N) is 1. The van der Waals surface area contributed by atoms with E-state index in [1.165, 1.54) is 25.3 Å². The van der Waals surface area contributed by atoms with Crippen molar-refractivity contribution in [2.45, 2.75) is 13.0 Å². The zero-order valence-electron chi connectivity index (χ0n) is 15.1. The molecule has 0 aliphatic rings. The summed E-state index contributed by atoms with van der Waals surface area (Å²) in [7, 11) is 1.32. The van der Waals surface area contributed by atoms with Crippen LogP contribution in [0.3, 0.4) is 0 Å². The Morgan fingerprint density at radius 3 is 2.50 bits per heavy atom. The van der Waals surface area contributed by atoms with E-state index >= 15 is 0 Å². The SMILES string of the molecule is COc1ccc(C(=O)OC(C(=O)Nc2cc(C)on2)c2ccccc2)cc1F. The Morgan fingerprint density at radius 2 is 1.89 bits per heavy atom. The molecule has 0 radical (unpaired) electrons. The van der Waals surface area contributed by atoms with Crippen LogP contribution in [0.2, 0.25) is 0 Å². The third-order valence-corrected chi connectivity index (χ3v) is 3.83. The largest absolute Gasteiger partial charge is 0.494 e. The number of hydrogen-bond acceptors (Lipinski definition) is 6. The van der Waals surface area contributed by atoms with E-state index in [1.807, 2.05) is 0 Å². The Labute approximate surface area is 160 Å². The van der Waals surface area contributed by atoms with Gasteiger partial charge in [-0.2, -0.15) is 0 Å². The molecular weight excluding hydrogens is 367 g/mol. The fraction of sp³-hybridized carbons (Fsp3) is 0.150. The van der Waals surface area contributed by atoms with Gasteiger partial charge < -0.3 is 19.3 Å². The summed E-state index contributed by atoms with van der Waals surface area (Å²) in [6, 6.07) is 13.6. The highest BCUT2D eigenvalue weighted by Gasteiger charge is 2.27. The standard InChI is InChI=1S/C20H17FN2O5/c1-12-10-17(23-28-12)22-19(24)18(13-6-4-3-5-7-13)27-20(25)14-8-9-16(26-2)15(21)11-14/h3-11,18H,1-2H3,(H,22,23,24). The number of methoxy groups -OCH3 is 1. The zero-order valence-corrected chi connectivity index (χ0v) is 15.1. The van der Waals surface area contributed by atoms with Crippen LogP contribution in [0.1, 0.15) is 27.8 Å². The van der Waals surface area contributed by atoms with Crippen LogP contribution < -0.4 is 10.1 Å². The molecule has 0 bridgehead atoms. The van der Waals surface area contributed by atoms with Crippen molar-refractivity contribution in [3.8, 4) is 5.75 Å². The van der Waals surface area contributed by atoms with Gasteiger partial charge in [0, 0.05) is 11.6 Å². The third-order valence-electron chi connectivity index (χ3n) is 3.83. The first-order valence-electron chi connectivity index (χ1n) is 8.31. The second kappa shape index (κ2) is 8.34. The lowest BCUT2D eigenvalue weighted by Crippen LogP contribution is -2.26. The topological polar surface area (TPSA) is 90.7 Å². The number of rotatable bonds is 6. The highest BCUT2D eigenvalue weighted by Crippen LogP contribution is 2.23. The summed E-state index contributed by atoms with van der Waals surface area (Å²) in [4.78, 5) is 25.2. The first kappa shape index (κ1) is 19.1. The Hall–Kier alpha value is -3.68. The van der Waals surface area contributed by atoms with E-state index in [2.05, 4.69) is 10.5 Å². The summed E-state index contributed by atoms with van der Waals surface area (Å²) in [6.45, 7) is 1.68. The fourth-order valence-electron chi connectivity index (χ4n) is 2.49. The molecule has 0 saturated carbocycles. The van der Waals surface area contributed by atoms with Crippen LogP contribution in [-0.4, -0.2) is 24.1 Å². The highest BCUT2D eigenvalue weighted by atomic mass is 19.1. The van der Waals surface area contributed by atoms with Crippen LogP contribution in [-0.2, 0) is 9.53 Å². The summed E-state index contributed by atoms with van der Waals surface area (Å²) in [6.07, 6.45) is -1.27. The second-order valence-electron chi connectivity index (χ2n) is 5.86. The van der Waals surface area contributed by atoms with Gasteiger partial charge >= 0.3 is 5.97 Å². The number of aromatic nitrogens is 1. The maximum Gasteiger partial charge on any atom is 0.339 e. The molecule has 0 saturated heterocycles. The molecule has 0 spiro atoms. The molecular formula is C20H17FN2O5. The van der Waals surface area contributed by atoms with Gasteiger partial charge in [-0.05, 0) is 25.1 Å². The first-order valence-corrected chi connectivity index (χ1v) is 8.31. The molecule has 0 aliphatic carbocycles. The predicted octanol–water partition coefficient (Wildman–Crippen LogP) is 3.67. The number of ether oxygens (including phenoxy) is 2. The quantitative estimate of drug-likeness (QED) is 0.652. The van der Waals surface area contributed by atoms with E-state index in [0.29, 0.717) is 11.3 Å². The maximum absolute atomic E-state index is 13.9. The average Bonchev–Trinajstić information content (AvgIpc) is 3.11. The molecule has 1 N–H and O–H groups in total. The second-order valence-corrected chi connectivity index (χ2v) is 5.86. The first-order chi connectivity index (χ1) is 13.5. The summed E-state index contributed by atoms with van der Waals surface area (Å²) >= 11 is 0. The zero-order chi connectivity index (χ0) is 20.1. The molecule has 1 aromatic heterocycles. The van der Waals surface area contributed by atoms with Gasteiger partial charge in [0.1, 0.15) is 5.76 Å². The van der Waals surface area contributed by atoms with Crippen molar-refractivity contribution in [2.24, 2.45) is 0 Å². The third kappa shape index (κ3) is 4.35. The van der Waals surface area contributed by atoms with E-state index < -0.39 is 23.8 Å². The van der Waals surface area contributed by atoms with E-state index in [0.717, 1.165) is 6.07 Å². The summed E-state index contributed by atoms with van der Waals surface area (Å²) in [5.41, 5.74) is 0.395. The number of hydrogen-bond donors (Lipinski definition) is 1. The minimum absolute atomic E-state index is 0.00435. The Kier molecular flexibility index (Phi) is 5.69. The number of aryl methyl sites for hydroxylation is 1. The molecule has 0 aliphatic heterocycles. The van der Waals surface area contributed by atoms with Gasteiger partial charge in [-0.15, -0.1) is 0 Å². The minimum Gasteiger partial charge on any atom is -0.494 e. The van der Waals surface area contributed by atoms with Gasteiger partial charge in [0.05, 0.1) is 12.7 Å². The van der Waals surface area contributed by atoms with Crippen LogP contribution in [0.25, 0.3) is 0 Å². The van der Waals surface area contributed by atoms with Crippen LogP contribution in [0, 0.1) is 12.7 Å². The van der Waals surface area contributed by atoms with Crippen LogP contribution in [0.5, 0.6) is 5.75 Å². The number of anilines is 1. The van der Waals surface area contributed by atoms with E-state index in [1.54, 1.807) is 37.3 Å². The number of carbonyl (C=O) groups excluding carboxylic acids is 2. The van der Waals surface area contributed by atoms with E-state index in [-0.39, 0.29) is 17.1 Å². The number of benzene rings is 2. The van der Waals surface area contributed by atoms with E-state index in [4.69, 9.17) is 14.0 Å². The summed E-state index contributed by atoms with van der Waals surface area (Å²) in [5, 5.41) is 6.22. The predicted molar refractivity (Wildman–Crippen MR) is 97.4 cm³/mol. The molecule has 1 amide bonds. The number of amides is 1. The fourth-order valence-corrected chi connectivity index (χ4v) is 2.49. The summed E-state index contributed by atoms with van der Waals surface area (Å²) < 4.78 is 29.0. The van der Waals surface area contributed by atoms with Crippen molar-refractivity contribution in [1.29, 1.82) is 0 Å². The molecule has 0 fully saturated rings. The average molecular weight is 384 g/mol. The molecule has 7 nitrogen and oxygen atoms in total. The lowest BCUT2D eigenvalue weighted by atomic mass is 10.1. The maximum atomic E-state index is 13.9. The van der Waals surface area contributed by atoms with Crippen molar-refractivity contribution in [2.75, 3.05) is 12.4 Å². The molecule has 8 heteroatoms. The molecule has 144 valence electrons. The van der Waals surface area contributed by atoms with Crippen LogP contribution >= 0.6 is 0 Å². The minimum atomic E-state index is -1.27. The van der Waals surface area contributed by atoms with Crippen LogP contribution in [0.4, 0.5) is 10.2 Å². The normalized spacial score (nSPS) is 11.5. The number of nitrogens with one attached hydrogen (secondary N) is 1. The van der Waals surface area contributed by atoms with Gasteiger partial charge in [-0.1, -0.05) is 35.5 Å². The number of halogens is 1. The van der Waals surface area contributed by atoms with Crippen molar-refractivity contribution in [1.82, 2.24) is 5.16 Å². The number of esters is 1. The highest BCUT2D eigenvalue weighted by molar-refractivity contribution is 5.97. The summed E-state index contributed by atoms with van der Waals surface area (Å²) in [5.74, 6) is -1.50. The molecule has 3 aromatic rings. The smallest absolute Gasteiger partial charge is 0.339 e. The Morgan fingerprint density at radius 1 is 1.14 bits per heavy atom. The lowest BCUT2D eigenvalue weighted by Gasteiger charge is -2.17. The van der Waals surface area contributed by atoms with Gasteiger partial charge in [0.2, 0.25) is 6.10 Å². The van der Waals surface area contributed by atoms with Crippen molar-refractivity contribution >= 4 is 17.7 Å². The molecule has 28 heavy (non-hydrogen) atoms. The lowest BCUT2D eigenvalue weighted by molar-refractivity contribution is -0.125. The molecule has 2 aromatic carbocycles. The van der Waals surface area contributed by atoms with Gasteiger partial charge in [0.25, 0.3) is 5.91 Å². The Balaban J connectivity index is 1.83. The van der Waals surface area contributed by atoms with Crippen molar-refractivity contribution in [3.63, 3.8) is 0 Å². The van der Waals surface area contributed by atoms with Crippen molar-refractivity contribution < 1.29 is 28.0 Å². The monoisotopic (exact) mass is 384 g/mol. The van der Waals surface area contributed by atoms with Gasteiger partial charge in [0.15, 0.2) is 17.4 Å². The van der Waals surface area contributed by atoms with Crippen LogP contribution in [0.15, 0.2) is 59.1 Å². The van der Waals surface area contributed by atoms with Gasteiger partial charge in [-0.25, -0.2) is 9.18 Å². The van der Waals surface area contributed by atoms with E-state index in [9.17, 15) is 14.0 Å². The molecule has 1 unspecified atom stereocenters. The number of carbonyl (C=O) groups is 2. The van der Waals surface area contributed by atoms with Crippen molar-refractivity contribution in [3.05, 3.63) is 77.3 Å². The molecule has 1 atom stereocenters. The van der Waals surface area contributed by atoms with Gasteiger partial charge in [-0.3, -0.25) is 4.79 Å². The molecule has 1 heterocycles.